The van der Waals surface area contributed by atoms with Crippen LogP contribution in [0.4, 0.5) is 5.69 Å². The molecule has 0 saturated heterocycles. The van der Waals surface area contributed by atoms with Crippen LogP contribution < -0.4 is 4.90 Å². The van der Waals surface area contributed by atoms with Crippen LogP contribution in [0.3, 0.4) is 0 Å². The summed E-state index contributed by atoms with van der Waals surface area (Å²) in [5.74, 6) is 0. The van der Waals surface area contributed by atoms with Gasteiger partial charge >= 0.3 is 0 Å². The summed E-state index contributed by atoms with van der Waals surface area (Å²) in [6.07, 6.45) is 2.10. The summed E-state index contributed by atoms with van der Waals surface area (Å²) >= 11 is 0. The van der Waals surface area contributed by atoms with E-state index >= 15 is 0 Å². The molecule has 1 rings (SSSR count). The number of aryl methyl sites for hydroxylation is 1. The number of nitriles is 2. The third-order valence-corrected chi connectivity index (χ3v) is 3.32. The van der Waals surface area contributed by atoms with Gasteiger partial charge < -0.3 is 15.1 Å². The third kappa shape index (κ3) is 5.07. The van der Waals surface area contributed by atoms with Crippen LogP contribution in [0.5, 0.6) is 0 Å². The van der Waals surface area contributed by atoms with E-state index in [9.17, 15) is 10.2 Å². The van der Waals surface area contributed by atoms with E-state index in [0.717, 1.165) is 16.8 Å². The summed E-state index contributed by atoms with van der Waals surface area (Å²) in [5, 5.41) is 36.0. The predicted octanol–water partition coefficient (Wildman–Crippen LogP) is 1.39. The molecule has 0 radical (unpaired) electrons. The first-order chi connectivity index (χ1) is 10.3. The molecule has 0 aromatic heterocycles. The molecule has 0 unspecified atom stereocenters. The molecule has 5 nitrogen and oxygen atoms in total. The van der Waals surface area contributed by atoms with Gasteiger partial charge in [-0.15, -0.1) is 0 Å². The molecular formula is C16H21N3O2. The average Bonchev–Trinajstić information content (AvgIpc) is 2.51. The fourth-order valence-electron chi connectivity index (χ4n) is 2.41. The maximum Gasteiger partial charge on any atom is 0.0625 e. The lowest BCUT2D eigenvalue weighted by Gasteiger charge is -2.27. The first-order valence-electron chi connectivity index (χ1n) is 7.09. The molecule has 0 aliphatic rings. The standard InChI is InChI=1S/C16H21N3O2/c17-8-2-5-14-4-1-7-16(15(14)6-3-9-18)19(10-12-20)11-13-21/h1,4,7,20-21H,2-3,5-6,10-13H2. The van der Waals surface area contributed by atoms with Crippen LogP contribution in [-0.4, -0.2) is 36.5 Å². The van der Waals surface area contributed by atoms with Crippen molar-refractivity contribution >= 4 is 5.69 Å². The van der Waals surface area contributed by atoms with Crippen molar-refractivity contribution in [3.63, 3.8) is 0 Å². The Morgan fingerprint density at radius 3 is 2.14 bits per heavy atom. The smallest absolute Gasteiger partial charge is 0.0625 e. The number of aliphatic hydroxyl groups excluding tert-OH is 2. The maximum atomic E-state index is 9.18. The molecule has 0 amide bonds. The second kappa shape index (κ2) is 9.77. The minimum absolute atomic E-state index is 0.000112. The lowest BCUT2D eigenvalue weighted by Crippen LogP contribution is -2.30. The second-order valence-electron chi connectivity index (χ2n) is 4.67. The zero-order valence-electron chi connectivity index (χ0n) is 12.1. The number of hydrogen-bond acceptors (Lipinski definition) is 5. The molecule has 1 aromatic rings. The normalized spacial score (nSPS) is 9.90. The van der Waals surface area contributed by atoms with Crippen molar-refractivity contribution in [1.82, 2.24) is 0 Å². The van der Waals surface area contributed by atoms with E-state index in [-0.39, 0.29) is 13.2 Å². The number of aliphatic hydroxyl groups is 2. The highest BCUT2D eigenvalue weighted by molar-refractivity contribution is 5.57. The monoisotopic (exact) mass is 287 g/mol. The fourth-order valence-corrected chi connectivity index (χ4v) is 2.41. The Morgan fingerprint density at radius 2 is 1.57 bits per heavy atom. The summed E-state index contributed by atoms with van der Waals surface area (Å²) in [7, 11) is 0. The number of rotatable bonds is 9. The zero-order chi connectivity index (χ0) is 15.5. The van der Waals surface area contributed by atoms with Gasteiger partial charge in [0.15, 0.2) is 0 Å². The van der Waals surface area contributed by atoms with Gasteiger partial charge in [0.05, 0.1) is 25.4 Å². The lowest BCUT2D eigenvalue weighted by molar-refractivity contribution is 0.281. The summed E-state index contributed by atoms with van der Waals surface area (Å²) in [6.45, 7) is 0.865. The Balaban J connectivity index is 3.14. The first kappa shape index (κ1) is 17.0. The Labute approximate surface area is 125 Å². The number of nitrogens with zero attached hydrogens (tertiary/aromatic N) is 3. The van der Waals surface area contributed by atoms with Crippen LogP contribution in [-0.2, 0) is 12.8 Å². The van der Waals surface area contributed by atoms with Crippen molar-refractivity contribution in [2.45, 2.75) is 25.7 Å². The van der Waals surface area contributed by atoms with E-state index in [1.165, 1.54) is 0 Å². The number of hydrogen-bond donors (Lipinski definition) is 2. The SMILES string of the molecule is N#CCCc1cccc(N(CCO)CCO)c1CCC#N. The van der Waals surface area contributed by atoms with E-state index in [1.54, 1.807) is 0 Å². The lowest BCUT2D eigenvalue weighted by atomic mass is 9.97. The summed E-state index contributed by atoms with van der Waals surface area (Å²) in [6, 6.07) is 10.1. The van der Waals surface area contributed by atoms with Crippen LogP contribution >= 0.6 is 0 Å². The van der Waals surface area contributed by atoms with Gasteiger partial charge in [-0.05, 0) is 30.0 Å². The number of anilines is 1. The molecule has 21 heavy (non-hydrogen) atoms. The van der Waals surface area contributed by atoms with Crippen LogP contribution in [0.25, 0.3) is 0 Å². The van der Waals surface area contributed by atoms with E-state index in [4.69, 9.17) is 10.5 Å². The molecule has 0 aliphatic heterocycles. The molecule has 2 N–H and O–H groups in total. The molecule has 0 fully saturated rings. The molecule has 0 spiro atoms. The molecule has 112 valence electrons. The Bertz CT molecular complexity index is 511. The minimum Gasteiger partial charge on any atom is -0.395 e. The van der Waals surface area contributed by atoms with Crippen LogP contribution in [0.15, 0.2) is 18.2 Å². The van der Waals surface area contributed by atoms with Gasteiger partial charge in [0.1, 0.15) is 0 Å². The Hall–Kier alpha value is -2.08. The molecule has 1 aromatic carbocycles. The molecular weight excluding hydrogens is 266 g/mol. The van der Waals surface area contributed by atoms with E-state index in [1.807, 2.05) is 23.1 Å². The highest BCUT2D eigenvalue weighted by atomic mass is 16.3. The number of benzene rings is 1. The van der Waals surface area contributed by atoms with Crippen molar-refractivity contribution in [2.24, 2.45) is 0 Å². The summed E-state index contributed by atoms with van der Waals surface area (Å²) < 4.78 is 0. The van der Waals surface area contributed by atoms with Gasteiger partial charge in [0.25, 0.3) is 0 Å². The Kier molecular flexibility index (Phi) is 7.89. The van der Waals surface area contributed by atoms with E-state index in [0.29, 0.717) is 38.8 Å². The molecule has 0 bridgehead atoms. The van der Waals surface area contributed by atoms with Gasteiger partial charge in [-0.3, -0.25) is 0 Å². The van der Waals surface area contributed by atoms with Crippen molar-refractivity contribution in [3.8, 4) is 12.1 Å². The second-order valence-corrected chi connectivity index (χ2v) is 4.67. The van der Waals surface area contributed by atoms with Crippen molar-refractivity contribution in [1.29, 1.82) is 10.5 Å². The van der Waals surface area contributed by atoms with Crippen molar-refractivity contribution < 1.29 is 10.2 Å². The van der Waals surface area contributed by atoms with Crippen LogP contribution in [0, 0.1) is 22.7 Å². The van der Waals surface area contributed by atoms with Crippen molar-refractivity contribution in [3.05, 3.63) is 29.3 Å². The first-order valence-corrected chi connectivity index (χ1v) is 7.09. The zero-order valence-corrected chi connectivity index (χ0v) is 12.1. The van der Waals surface area contributed by atoms with Gasteiger partial charge in [-0.2, -0.15) is 10.5 Å². The molecule has 5 heteroatoms. The van der Waals surface area contributed by atoms with Crippen LogP contribution in [0.1, 0.15) is 24.0 Å². The quantitative estimate of drug-likeness (QED) is 0.716. The van der Waals surface area contributed by atoms with Gasteiger partial charge in [0, 0.05) is 31.6 Å². The van der Waals surface area contributed by atoms with Gasteiger partial charge in [-0.1, -0.05) is 12.1 Å². The van der Waals surface area contributed by atoms with E-state index < -0.39 is 0 Å². The highest BCUT2D eigenvalue weighted by Crippen LogP contribution is 2.26. The highest BCUT2D eigenvalue weighted by Gasteiger charge is 2.14. The van der Waals surface area contributed by atoms with E-state index in [2.05, 4.69) is 12.1 Å². The van der Waals surface area contributed by atoms with Gasteiger partial charge in [0.2, 0.25) is 0 Å². The van der Waals surface area contributed by atoms with Gasteiger partial charge in [-0.25, -0.2) is 0 Å². The summed E-state index contributed by atoms with van der Waals surface area (Å²) in [4.78, 5) is 1.92. The summed E-state index contributed by atoms with van der Waals surface area (Å²) in [5.41, 5.74) is 3.03. The van der Waals surface area contributed by atoms with Crippen molar-refractivity contribution in [2.75, 3.05) is 31.2 Å². The average molecular weight is 287 g/mol. The molecule has 0 saturated carbocycles. The fraction of sp³-hybridized carbons (Fsp3) is 0.500. The predicted molar refractivity (Wildman–Crippen MR) is 80.7 cm³/mol. The third-order valence-electron chi connectivity index (χ3n) is 3.32. The largest absolute Gasteiger partial charge is 0.395 e. The molecule has 0 atom stereocenters. The maximum absolute atomic E-state index is 9.18. The minimum atomic E-state index is 0.000112. The van der Waals surface area contributed by atoms with Crippen LogP contribution in [0.2, 0.25) is 0 Å². The molecule has 0 heterocycles. The topological polar surface area (TPSA) is 91.3 Å². The Morgan fingerprint density at radius 1 is 0.952 bits per heavy atom. The molecule has 0 aliphatic carbocycles.